The van der Waals surface area contributed by atoms with Gasteiger partial charge in [-0.05, 0) is 12.1 Å². The van der Waals surface area contributed by atoms with Crippen LogP contribution >= 0.6 is 0 Å². The van der Waals surface area contributed by atoms with E-state index in [0.29, 0.717) is 0 Å². The summed E-state index contributed by atoms with van der Waals surface area (Å²) in [5.74, 6) is 0. The molecule has 14 heavy (non-hydrogen) atoms. The van der Waals surface area contributed by atoms with E-state index in [9.17, 15) is 0 Å². The van der Waals surface area contributed by atoms with E-state index in [-0.39, 0.29) is 5.41 Å². The smallest absolute Gasteiger partial charge is 0.194 e. The molecule has 0 fully saturated rings. The van der Waals surface area contributed by atoms with Crippen molar-refractivity contribution in [3.8, 4) is 0 Å². The monoisotopic (exact) mass is 196 g/mol. The van der Waals surface area contributed by atoms with Crippen molar-refractivity contribution in [3.05, 3.63) is 40.2 Å². The van der Waals surface area contributed by atoms with Crippen LogP contribution < -0.4 is 0 Å². The summed E-state index contributed by atoms with van der Waals surface area (Å²) in [6.07, 6.45) is 1.83. The average molecular weight is 196 g/mol. The van der Waals surface area contributed by atoms with Crippen molar-refractivity contribution in [2.75, 3.05) is 7.05 Å². The lowest BCUT2D eigenvalue weighted by Crippen LogP contribution is -2.12. The zero-order chi connectivity index (χ0) is 11.2. The maximum absolute atomic E-state index is 8.81. The molecule has 78 valence electrons. The van der Waals surface area contributed by atoms with E-state index in [1.54, 1.807) is 0 Å². The van der Waals surface area contributed by atoms with Gasteiger partial charge in [-0.15, -0.1) is 0 Å². The van der Waals surface area contributed by atoms with Crippen LogP contribution in [-0.4, -0.2) is 17.0 Å². The van der Waals surface area contributed by atoms with Crippen molar-refractivity contribution >= 4 is 0 Å². The van der Waals surface area contributed by atoms with Gasteiger partial charge in [0.05, 0.1) is 0 Å². The molecule has 1 heterocycles. The fourth-order valence-corrected chi connectivity index (χ4v) is 0.806. The molecule has 0 aliphatic carbocycles. The second-order valence-corrected chi connectivity index (χ2v) is 3.90. The molecule has 1 aromatic rings. The molecule has 0 N–H and O–H groups in total. The van der Waals surface area contributed by atoms with Gasteiger partial charge in [-0.3, -0.25) is 15.1 Å². The molecule has 0 amide bonds. The highest BCUT2D eigenvalue weighted by molar-refractivity contribution is 5.12. The number of aromatic nitrogens is 1. The van der Waals surface area contributed by atoms with Gasteiger partial charge in [0.25, 0.3) is 0 Å². The Labute approximate surface area is 84.1 Å². The van der Waals surface area contributed by atoms with Gasteiger partial charge in [0.15, 0.2) is 7.05 Å². The third kappa shape index (κ3) is 6.11. The first kappa shape index (κ1) is 12.6. The van der Waals surface area contributed by atoms with Crippen LogP contribution in [-0.2, 0) is 5.41 Å². The number of hydrogen-bond acceptors (Lipinski definition) is 3. The molecule has 4 heteroatoms. The molecule has 0 spiro atoms. The summed E-state index contributed by atoms with van der Waals surface area (Å²) in [5.41, 5.74) is 1.33. The van der Waals surface area contributed by atoms with E-state index in [1.165, 1.54) is 0 Å². The van der Waals surface area contributed by atoms with Gasteiger partial charge in [-0.1, -0.05) is 26.8 Å². The summed E-state index contributed by atoms with van der Waals surface area (Å²) < 4.78 is 0. The highest BCUT2D eigenvalue weighted by Crippen LogP contribution is 2.18. The van der Waals surface area contributed by atoms with Crippen molar-refractivity contribution in [2.24, 2.45) is 0 Å². The van der Waals surface area contributed by atoms with Crippen LogP contribution in [0.3, 0.4) is 0 Å². The lowest BCUT2D eigenvalue weighted by molar-refractivity contribution is -0.445. The molecule has 0 radical (unpaired) electrons. The Morgan fingerprint density at radius 2 is 1.86 bits per heavy atom. The molecule has 1 aromatic heterocycles. The number of hydrogen-bond donors (Lipinski definition) is 0. The van der Waals surface area contributed by atoms with Crippen molar-refractivity contribution < 1.29 is 4.92 Å². The van der Waals surface area contributed by atoms with Gasteiger partial charge in [0.1, 0.15) is 0 Å². The van der Waals surface area contributed by atoms with E-state index < -0.39 is 4.92 Å². The SMILES string of the molecule is CC(C)(C)c1ccccn1.C[N+](=O)[O-]. The van der Waals surface area contributed by atoms with Crippen LogP contribution in [0.25, 0.3) is 0 Å². The molecule has 0 aliphatic heterocycles. The molecule has 1 rings (SSSR count). The molecule has 0 atom stereocenters. The van der Waals surface area contributed by atoms with E-state index in [1.807, 2.05) is 18.3 Å². The summed E-state index contributed by atoms with van der Waals surface area (Å²) in [7, 11) is 0.889. The van der Waals surface area contributed by atoms with Gasteiger partial charge in [-0.2, -0.15) is 0 Å². The van der Waals surface area contributed by atoms with Crippen LogP contribution in [0.1, 0.15) is 26.5 Å². The zero-order valence-corrected chi connectivity index (χ0v) is 9.02. The fourth-order valence-electron chi connectivity index (χ4n) is 0.806. The highest BCUT2D eigenvalue weighted by atomic mass is 16.6. The molecule has 0 aromatic carbocycles. The van der Waals surface area contributed by atoms with Gasteiger partial charge in [-0.25, -0.2) is 0 Å². The van der Waals surface area contributed by atoms with E-state index >= 15 is 0 Å². The van der Waals surface area contributed by atoms with E-state index in [0.717, 1.165) is 12.7 Å². The van der Waals surface area contributed by atoms with Crippen LogP contribution in [0.5, 0.6) is 0 Å². The predicted octanol–water partition coefficient (Wildman–Crippen LogP) is 2.27. The van der Waals surface area contributed by atoms with E-state index in [2.05, 4.69) is 31.8 Å². The first-order chi connectivity index (χ1) is 6.34. The minimum atomic E-state index is -0.500. The molecule has 4 nitrogen and oxygen atoms in total. The van der Waals surface area contributed by atoms with Crippen molar-refractivity contribution in [1.82, 2.24) is 4.98 Å². The second-order valence-electron chi connectivity index (χ2n) is 3.90. The van der Waals surface area contributed by atoms with Gasteiger partial charge >= 0.3 is 0 Å². The Morgan fingerprint density at radius 1 is 1.36 bits per heavy atom. The van der Waals surface area contributed by atoms with Crippen LogP contribution in [0.4, 0.5) is 0 Å². The summed E-state index contributed by atoms with van der Waals surface area (Å²) in [4.78, 5) is 12.6. The fraction of sp³-hybridized carbons (Fsp3) is 0.500. The predicted molar refractivity (Wildman–Crippen MR) is 55.9 cm³/mol. The summed E-state index contributed by atoms with van der Waals surface area (Å²) in [6, 6.07) is 6.02. The maximum atomic E-state index is 8.81. The molecule has 0 unspecified atom stereocenters. The second kappa shape index (κ2) is 5.32. The number of pyridine rings is 1. The van der Waals surface area contributed by atoms with Crippen molar-refractivity contribution in [3.63, 3.8) is 0 Å². The van der Waals surface area contributed by atoms with Gasteiger partial charge < -0.3 is 0 Å². The summed E-state index contributed by atoms with van der Waals surface area (Å²) in [6.45, 7) is 6.49. The number of nitrogens with zero attached hydrogens (tertiary/aromatic N) is 2. The normalized spacial score (nSPS) is 10.0. The third-order valence-electron chi connectivity index (χ3n) is 1.43. The van der Waals surface area contributed by atoms with Crippen LogP contribution in [0.15, 0.2) is 24.4 Å². The number of rotatable bonds is 0. The number of nitro groups is 1. The highest BCUT2D eigenvalue weighted by Gasteiger charge is 2.13. The topological polar surface area (TPSA) is 56.0 Å². The Hall–Kier alpha value is -1.45. The molecule has 0 bridgehead atoms. The molecule has 0 saturated heterocycles. The van der Waals surface area contributed by atoms with Gasteiger partial charge in [0, 0.05) is 22.2 Å². The minimum Gasteiger partial charge on any atom is -0.265 e. The first-order valence-electron chi connectivity index (χ1n) is 4.33. The Balaban J connectivity index is 0.000000364. The molecular formula is C10H16N2O2. The largest absolute Gasteiger partial charge is 0.265 e. The quantitative estimate of drug-likeness (QED) is 0.472. The van der Waals surface area contributed by atoms with Gasteiger partial charge in [0.2, 0.25) is 0 Å². The van der Waals surface area contributed by atoms with Crippen molar-refractivity contribution in [1.29, 1.82) is 0 Å². The third-order valence-corrected chi connectivity index (χ3v) is 1.43. The van der Waals surface area contributed by atoms with Crippen molar-refractivity contribution in [2.45, 2.75) is 26.2 Å². The lowest BCUT2D eigenvalue weighted by atomic mass is 9.92. The lowest BCUT2D eigenvalue weighted by Gasteiger charge is -2.16. The Kier molecular flexibility index (Phi) is 4.77. The molecule has 0 aliphatic rings. The van der Waals surface area contributed by atoms with Crippen LogP contribution in [0, 0.1) is 10.1 Å². The Morgan fingerprint density at radius 3 is 2.07 bits per heavy atom. The standard InChI is InChI=1S/C9H13N.CH3NO2/c1-9(2,3)8-6-4-5-7-10-8;1-2(3)4/h4-7H,1-3H3;1H3. The maximum Gasteiger partial charge on any atom is 0.194 e. The Bertz CT molecular complexity index is 274. The minimum absolute atomic E-state index is 0.182. The first-order valence-corrected chi connectivity index (χ1v) is 4.33. The van der Waals surface area contributed by atoms with Crippen LogP contribution in [0.2, 0.25) is 0 Å². The zero-order valence-electron chi connectivity index (χ0n) is 9.02. The average Bonchev–Trinajstić information content (AvgIpc) is 2.03. The molecular weight excluding hydrogens is 180 g/mol. The summed E-state index contributed by atoms with van der Waals surface area (Å²) >= 11 is 0. The molecule has 0 saturated carbocycles. The van der Waals surface area contributed by atoms with E-state index in [4.69, 9.17) is 10.1 Å². The summed E-state index contributed by atoms with van der Waals surface area (Å²) in [5, 5.41) is 8.81.